The molecule has 0 bridgehead atoms. The highest BCUT2D eigenvalue weighted by molar-refractivity contribution is 6.36. The minimum absolute atomic E-state index is 0.0872. The number of hydrogen-bond acceptors (Lipinski definition) is 5. The lowest BCUT2D eigenvalue weighted by atomic mass is 9.74. The highest BCUT2D eigenvalue weighted by Gasteiger charge is 2.64. The summed E-state index contributed by atoms with van der Waals surface area (Å²) in [6, 6.07) is 1.05. The first-order valence-electron chi connectivity index (χ1n) is 13.8. The molecule has 0 spiro atoms. The van der Waals surface area contributed by atoms with Crippen molar-refractivity contribution in [2.45, 2.75) is 76.9 Å². The third kappa shape index (κ3) is 6.67. The Balaban J connectivity index is 1.69. The van der Waals surface area contributed by atoms with Crippen LogP contribution < -0.4 is 0 Å². The Kier molecular flexibility index (Phi) is 9.60. The van der Waals surface area contributed by atoms with Gasteiger partial charge in [-0.3, -0.25) is 14.3 Å². The van der Waals surface area contributed by atoms with Gasteiger partial charge in [0, 0.05) is 17.1 Å². The summed E-state index contributed by atoms with van der Waals surface area (Å²) in [4.78, 5) is 26.5. The monoisotopic (exact) mass is 675 g/mol. The number of ether oxygens (including phenoxy) is 1. The van der Waals surface area contributed by atoms with E-state index in [-0.39, 0.29) is 50.2 Å². The van der Waals surface area contributed by atoms with E-state index < -0.39 is 88.0 Å². The van der Waals surface area contributed by atoms with E-state index in [2.05, 4.69) is 5.10 Å². The zero-order valence-corrected chi connectivity index (χ0v) is 25.2. The van der Waals surface area contributed by atoms with Crippen LogP contribution in [0.1, 0.15) is 86.1 Å². The summed E-state index contributed by atoms with van der Waals surface area (Å²) < 4.78 is 105. The predicted octanol–water partition coefficient (Wildman–Crippen LogP) is 7.55. The van der Waals surface area contributed by atoms with Crippen molar-refractivity contribution < 1.29 is 50.2 Å². The van der Waals surface area contributed by atoms with Crippen LogP contribution in [0.3, 0.4) is 0 Å². The van der Waals surface area contributed by atoms with Crippen molar-refractivity contribution in [1.82, 2.24) is 14.7 Å². The van der Waals surface area contributed by atoms with Gasteiger partial charge in [-0.15, -0.1) is 0 Å². The molecular weight excluding hydrogens is 646 g/mol. The number of esters is 1. The number of amides is 1. The maximum Gasteiger partial charge on any atom is 0.433 e. The van der Waals surface area contributed by atoms with Gasteiger partial charge in [-0.2, -0.15) is 31.4 Å². The van der Waals surface area contributed by atoms with Crippen LogP contribution in [0.4, 0.5) is 30.7 Å². The molecule has 0 radical (unpaired) electrons. The molecule has 1 unspecified atom stereocenters. The van der Waals surface area contributed by atoms with Gasteiger partial charge in [0.2, 0.25) is 0 Å². The Bertz CT molecular complexity index is 1400. The zero-order chi connectivity index (χ0) is 32.8. The average molecular weight is 676 g/mol. The highest BCUT2D eigenvalue weighted by atomic mass is 35.5. The standard InChI is InChI=1S/C28H30Cl2F7N3O4/c1-3-44-24(43)25(2)8-6-15(7-9-25)40-22(27(32,33)34)16(12-38-40)23(42)39(14-26(10-11-26)28(35,36)37)13-19(41)20-17(29)4-5-18(31)21(20)30/h4-5,12,15,19,41H,3,6-11,13-14H2,1-2H3/t15-,19?,25-. The lowest BCUT2D eigenvalue weighted by molar-refractivity contribution is -0.190. The van der Waals surface area contributed by atoms with Gasteiger partial charge < -0.3 is 14.7 Å². The SMILES string of the molecule is CCOC(=O)[C@]1(C)CC[C@@H](n2ncc(C(=O)N(CC(O)c3c(Cl)ccc(F)c3Cl)CC3(C(F)(F)F)CC3)c2C(F)(F)F)CC1. The largest absolute Gasteiger partial charge is 0.466 e. The molecule has 0 saturated heterocycles. The number of aliphatic hydroxyl groups is 1. The maximum absolute atomic E-state index is 14.5. The Labute approximate surface area is 258 Å². The van der Waals surface area contributed by atoms with Gasteiger partial charge in [-0.25, -0.2) is 4.39 Å². The fourth-order valence-corrected chi connectivity index (χ4v) is 6.28. The first-order chi connectivity index (χ1) is 20.3. The van der Waals surface area contributed by atoms with E-state index in [0.29, 0.717) is 15.8 Å². The summed E-state index contributed by atoms with van der Waals surface area (Å²) in [6.45, 7) is 1.38. The molecule has 1 heterocycles. The summed E-state index contributed by atoms with van der Waals surface area (Å²) in [5.74, 6) is -2.95. The molecule has 7 nitrogen and oxygen atoms in total. The number of alkyl halides is 6. The predicted molar refractivity (Wildman–Crippen MR) is 144 cm³/mol. The number of carbonyl (C=O) groups is 2. The van der Waals surface area contributed by atoms with Crippen molar-refractivity contribution >= 4 is 35.1 Å². The van der Waals surface area contributed by atoms with Crippen molar-refractivity contribution in [3.63, 3.8) is 0 Å². The molecule has 4 rings (SSSR count). The summed E-state index contributed by atoms with van der Waals surface area (Å²) in [7, 11) is 0. The third-order valence-electron chi connectivity index (χ3n) is 8.51. The molecule has 1 N–H and O–H groups in total. The second kappa shape index (κ2) is 12.3. The minimum atomic E-state index is -5.15. The first-order valence-corrected chi connectivity index (χ1v) is 14.6. The molecule has 44 heavy (non-hydrogen) atoms. The molecule has 1 aromatic heterocycles. The molecule has 2 aromatic rings. The second-order valence-electron chi connectivity index (χ2n) is 11.6. The maximum atomic E-state index is 14.5. The molecule has 2 saturated carbocycles. The molecule has 2 fully saturated rings. The number of carbonyl (C=O) groups excluding carboxylic acids is 2. The summed E-state index contributed by atoms with van der Waals surface area (Å²) >= 11 is 12.0. The van der Waals surface area contributed by atoms with Gasteiger partial charge >= 0.3 is 18.3 Å². The second-order valence-corrected chi connectivity index (χ2v) is 12.4. The van der Waals surface area contributed by atoms with E-state index in [1.165, 1.54) is 0 Å². The van der Waals surface area contributed by atoms with Crippen LogP contribution in [-0.2, 0) is 15.7 Å². The van der Waals surface area contributed by atoms with Gasteiger partial charge in [0.25, 0.3) is 5.91 Å². The first kappa shape index (κ1) is 34.3. The van der Waals surface area contributed by atoms with Crippen molar-refractivity contribution in [2.75, 3.05) is 19.7 Å². The number of rotatable bonds is 9. The fraction of sp³-hybridized carbons (Fsp3) is 0.607. The van der Waals surface area contributed by atoms with E-state index in [1.807, 2.05) is 0 Å². The van der Waals surface area contributed by atoms with Crippen LogP contribution >= 0.6 is 23.2 Å². The van der Waals surface area contributed by atoms with Gasteiger partial charge in [0.1, 0.15) is 5.82 Å². The van der Waals surface area contributed by atoms with Crippen molar-refractivity contribution in [3.05, 3.63) is 51.0 Å². The number of halogens is 9. The van der Waals surface area contributed by atoms with Crippen LogP contribution in [-0.4, -0.2) is 57.5 Å². The summed E-state index contributed by atoms with van der Waals surface area (Å²) in [5.41, 5.74) is -6.23. The van der Waals surface area contributed by atoms with Gasteiger partial charge in [-0.1, -0.05) is 23.2 Å². The van der Waals surface area contributed by atoms with E-state index in [4.69, 9.17) is 27.9 Å². The molecule has 1 atom stereocenters. The van der Waals surface area contributed by atoms with Crippen molar-refractivity contribution in [3.8, 4) is 0 Å². The van der Waals surface area contributed by atoms with Crippen LogP contribution in [0.15, 0.2) is 18.3 Å². The average Bonchev–Trinajstić information content (AvgIpc) is 3.59. The lowest BCUT2D eigenvalue weighted by Gasteiger charge is -2.36. The highest BCUT2D eigenvalue weighted by Crippen LogP contribution is 2.58. The molecular formula is C28H30Cl2F7N3O4. The Morgan fingerprint density at radius 3 is 2.27 bits per heavy atom. The van der Waals surface area contributed by atoms with Crippen molar-refractivity contribution in [2.24, 2.45) is 10.8 Å². The molecule has 1 amide bonds. The van der Waals surface area contributed by atoms with E-state index in [0.717, 1.165) is 12.1 Å². The topological polar surface area (TPSA) is 84.7 Å². The van der Waals surface area contributed by atoms with Gasteiger partial charge in [0.05, 0.1) is 52.9 Å². The summed E-state index contributed by atoms with van der Waals surface area (Å²) in [5, 5.41) is 13.8. The normalized spacial score (nSPS) is 22.4. The van der Waals surface area contributed by atoms with Crippen LogP contribution in [0.2, 0.25) is 10.0 Å². The van der Waals surface area contributed by atoms with Crippen LogP contribution in [0, 0.1) is 16.6 Å². The van der Waals surface area contributed by atoms with Crippen LogP contribution in [0.25, 0.3) is 0 Å². The molecule has 244 valence electrons. The van der Waals surface area contributed by atoms with E-state index >= 15 is 0 Å². The molecule has 2 aliphatic rings. The lowest BCUT2D eigenvalue weighted by Crippen LogP contribution is -2.44. The van der Waals surface area contributed by atoms with Crippen LogP contribution in [0.5, 0.6) is 0 Å². The van der Waals surface area contributed by atoms with Gasteiger partial charge in [-0.05, 0) is 64.5 Å². The zero-order valence-electron chi connectivity index (χ0n) is 23.7. The third-order valence-corrected chi connectivity index (χ3v) is 9.22. The molecule has 2 aliphatic carbocycles. The Hall–Kier alpha value is -2.58. The number of aromatic nitrogens is 2. The quantitative estimate of drug-likeness (QED) is 0.169. The van der Waals surface area contributed by atoms with E-state index in [1.54, 1.807) is 13.8 Å². The number of benzene rings is 1. The number of aliphatic hydroxyl groups excluding tert-OH is 1. The number of hydrogen-bond donors (Lipinski definition) is 1. The van der Waals surface area contributed by atoms with Crippen molar-refractivity contribution in [1.29, 1.82) is 0 Å². The smallest absolute Gasteiger partial charge is 0.433 e. The Morgan fingerprint density at radius 1 is 1.14 bits per heavy atom. The number of nitrogens with zero attached hydrogens (tertiary/aromatic N) is 3. The van der Waals surface area contributed by atoms with Gasteiger partial charge in [0.15, 0.2) is 5.69 Å². The van der Waals surface area contributed by atoms with E-state index in [9.17, 15) is 45.4 Å². The summed E-state index contributed by atoms with van der Waals surface area (Å²) in [6.07, 6.45) is -11.5. The molecule has 0 aliphatic heterocycles. The molecule has 16 heteroatoms. The molecule has 1 aromatic carbocycles. The Morgan fingerprint density at radius 2 is 1.75 bits per heavy atom. The minimum Gasteiger partial charge on any atom is -0.466 e. The fourth-order valence-electron chi connectivity index (χ4n) is 5.66.